The summed E-state index contributed by atoms with van der Waals surface area (Å²) >= 11 is 0. The third-order valence-electron chi connectivity index (χ3n) is 2.82. The highest BCUT2D eigenvalue weighted by molar-refractivity contribution is 5.90. The first kappa shape index (κ1) is 13.9. The third kappa shape index (κ3) is 3.27. The molecule has 0 amide bonds. The van der Waals surface area contributed by atoms with E-state index in [0.29, 0.717) is 6.61 Å². The van der Waals surface area contributed by atoms with E-state index in [0.717, 1.165) is 12.1 Å². The maximum absolute atomic E-state index is 13.0. The molecule has 1 fully saturated rings. The van der Waals surface area contributed by atoms with Crippen molar-refractivity contribution in [1.82, 2.24) is 0 Å². The fourth-order valence-electron chi connectivity index (χ4n) is 1.76. The Morgan fingerprint density at radius 1 is 1.26 bits per heavy atom. The van der Waals surface area contributed by atoms with Crippen LogP contribution in [0.2, 0.25) is 0 Å². The van der Waals surface area contributed by atoms with E-state index >= 15 is 0 Å². The topological polar surface area (TPSA) is 44.8 Å². The fourth-order valence-corrected chi connectivity index (χ4v) is 1.76. The zero-order valence-corrected chi connectivity index (χ0v) is 10.4. The van der Waals surface area contributed by atoms with Gasteiger partial charge in [0, 0.05) is 19.6 Å². The van der Waals surface area contributed by atoms with Crippen LogP contribution < -0.4 is 4.74 Å². The molecule has 1 aromatic rings. The van der Waals surface area contributed by atoms with Crippen LogP contribution >= 0.6 is 0 Å². The molecule has 19 heavy (non-hydrogen) atoms. The van der Waals surface area contributed by atoms with Gasteiger partial charge in [-0.2, -0.15) is 0 Å². The monoisotopic (exact) mass is 272 g/mol. The van der Waals surface area contributed by atoms with E-state index in [1.54, 1.807) is 0 Å². The van der Waals surface area contributed by atoms with Crippen molar-refractivity contribution < 1.29 is 27.8 Å². The average Bonchev–Trinajstić information content (AvgIpc) is 2.38. The van der Waals surface area contributed by atoms with Crippen LogP contribution in [-0.2, 0) is 14.3 Å². The summed E-state index contributed by atoms with van der Waals surface area (Å²) in [5.41, 5.74) is 0. The van der Waals surface area contributed by atoms with Crippen molar-refractivity contribution in [3.05, 3.63) is 29.8 Å². The van der Waals surface area contributed by atoms with Crippen molar-refractivity contribution >= 4 is 5.78 Å². The number of ketones is 1. The van der Waals surface area contributed by atoms with Crippen LogP contribution in [-0.4, -0.2) is 38.3 Å². The predicted octanol–water partition coefficient (Wildman–Crippen LogP) is 1.72. The summed E-state index contributed by atoms with van der Waals surface area (Å²) in [5, 5.41) is 0. The molecule has 4 nitrogen and oxygen atoms in total. The molecule has 2 atom stereocenters. The lowest BCUT2D eigenvalue weighted by Gasteiger charge is -2.34. The molecule has 0 radical (unpaired) electrons. The summed E-state index contributed by atoms with van der Waals surface area (Å²) in [4.78, 5) is 11.4. The second kappa shape index (κ2) is 6.08. The summed E-state index contributed by atoms with van der Waals surface area (Å²) in [5.74, 6) is -1.81. The number of methoxy groups -OCH3 is 1. The van der Waals surface area contributed by atoms with E-state index in [-0.39, 0.29) is 24.6 Å². The number of carbonyl (C=O) groups excluding carboxylic acids is 1. The molecular weight excluding hydrogens is 258 g/mol. The molecule has 2 unspecified atom stereocenters. The largest absolute Gasteiger partial charge is 0.487 e. The summed E-state index contributed by atoms with van der Waals surface area (Å²) < 4.78 is 41.3. The number of hydrogen-bond donors (Lipinski definition) is 0. The van der Waals surface area contributed by atoms with Gasteiger partial charge in [0.15, 0.2) is 23.5 Å². The maximum Gasteiger partial charge on any atom is 0.169 e. The minimum atomic E-state index is -0.986. The normalized spacial score (nSPS) is 22.2. The Labute approximate surface area is 109 Å². The molecule has 104 valence electrons. The summed E-state index contributed by atoms with van der Waals surface area (Å²) in [7, 11) is 1.53. The molecule has 0 spiro atoms. The van der Waals surface area contributed by atoms with Crippen molar-refractivity contribution in [1.29, 1.82) is 0 Å². The standard InChI is InChI=1S/C13H14F2O4/c1-17-4-5-18-13-11(16)7-12(13)19-8-2-3-9(14)10(15)6-8/h2-3,6,12-13H,4-5,7H2,1H3. The molecule has 0 heterocycles. The van der Waals surface area contributed by atoms with E-state index in [9.17, 15) is 13.6 Å². The first-order valence-electron chi connectivity index (χ1n) is 5.87. The number of ether oxygens (including phenoxy) is 3. The van der Waals surface area contributed by atoms with Crippen LogP contribution in [0.15, 0.2) is 18.2 Å². The van der Waals surface area contributed by atoms with Gasteiger partial charge >= 0.3 is 0 Å². The number of halogens is 2. The van der Waals surface area contributed by atoms with Crippen molar-refractivity contribution in [3.8, 4) is 5.75 Å². The molecule has 1 saturated carbocycles. The van der Waals surface area contributed by atoms with Crippen molar-refractivity contribution in [2.24, 2.45) is 0 Å². The SMILES string of the molecule is COCCOC1C(=O)CC1Oc1ccc(F)c(F)c1. The third-order valence-corrected chi connectivity index (χ3v) is 2.82. The molecule has 1 aliphatic rings. The second-order valence-electron chi connectivity index (χ2n) is 4.19. The quantitative estimate of drug-likeness (QED) is 0.740. The number of carbonyl (C=O) groups is 1. The van der Waals surface area contributed by atoms with Gasteiger partial charge in [-0.15, -0.1) is 0 Å². The Balaban J connectivity index is 1.91. The molecule has 0 aromatic heterocycles. The van der Waals surface area contributed by atoms with Gasteiger partial charge in [0.05, 0.1) is 13.2 Å². The maximum atomic E-state index is 13.0. The number of Topliss-reactive ketones (excluding diaryl/α,β-unsaturated/α-hetero) is 1. The second-order valence-corrected chi connectivity index (χ2v) is 4.19. The summed E-state index contributed by atoms with van der Waals surface area (Å²) in [6.45, 7) is 0.659. The van der Waals surface area contributed by atoms with E-state index in [2.05, 4.69) is 0 Å². The van der Waals surface area contributed by atoms with Gasteiger partial charge < -0.3 is 14.2 Å². The Hall–Kier alpha value is -1.53. The van der Waals surface area contributed by atoms with Crippen molar-refractivity contribution in [2.75, 3.05) is 20.3 Å². The van der Waals surface area contributed by atoms with Crippen LogP contribution in [0.4, 0.5) is 8.78 Å². The van der Waals surface area contributed by atoms with Crippen LogP contribution in [0.1, 0.15) is 6.42 Å². The van der Waals surface area contributed by atoms with Crippen LogP contribution in [0.25, 0.3) is 0 Å². The first-order valence-corrected chi connectivity index (χ1v) is 5.87. The highest BCUT2D eigenvalue weighted by Crippen LogP contribution is 2.26. The van der Waals surface area contributed by atoms with Crippen molar-refractivity contribution in [3.63, 3.8) is 0 Å². The molecular formula is C13H14F2O4. The Kier molecular flexibility index (Phi) is 4.44. The van der Waals surface area contributed by atoms with Gasteiger partial charge in [-0.3, -0.25) is 4.79 Å². The van der Waals surface area contributed by atoms with E-state index in [4.69, 9.17) is 14.2 Å². The van der Waals surface area contributed by atoms with Crippen LogP contribution in [0, 0.1) is 11.6 Å². The lowest BCUT2D eigenvalue weighted by molar-refractivity contribution is -0.156. The number of hydrogen-bond acceptors (Lipinski definition) is 4. The first-order chi connectivity index (χ1) is 9.11. The summed E-state index contributed by atoms with van der Waals surface area (Å²) in [6.07, 6.45) is -0.922. The Morgan fingerprint density at radius 3 is 2.68 bits per heavy atom. The number of benzene rings is 1. The minimum Gasteiger partial charge on any atom is -0.487 e. The Morgan fingerprint density at radius 2 is 2.05 bits per heavy atom. The fraction of sp³-hybridized carbons (Fsp3) is 0.462. The van der Waals surface area contributed by atoms with Gasteiger partial charge in [0.1, 0.15) is 11.9 Å². The molecule has 0 aliphatic heterocycles. The van der Waals surface area contributed by atoms with Crippen LogP contribution in [0.3, 0.4) is 0 Å². The van der Waals surface area contributed by atoms with Gasteiger partial charge in [-0.05, 0) is 12.1 Å². The van der Waals surface area contributed by atoms with Gasteiger partial charge in [-0.25, -0.2) is 8.78 Å². The zero-order valence-electron chi connectivity index (χ0n) is 10.4. The Bertz CT molecular complexity index is 464. The van der Waals surface area contributed by atoms with Crippen molar-refractivity contribution in [2.45, 2.75) is 18.6 Å². The van der Waals surface area contributed by atoms with Gasteiger partial charge in [-0.1, -0.05) is 0 Å². The lowest BCUT2D eigenvalue weighted by Crippen LogP contribution is -2.52. The van der Waals surface area contributed by atoms with E-state index in [1.165, 1.54) is 13.2 Å². The number of rotatable bonds is 6. The molecule has 1 aliphatic carbocycles. The minimum absolute atomic E-state index is 0.0660. The smallest absolute Gasteiger partial charge is 0.169 e. The van der Waals surface area contributed by atoms with Gasteiger partial charge in [0.2, 0.25) is 0 Å². The zero-order chi connectivity index (χ0) is 13.8. The van der Waals surface area contributed by atoms with E-state index in [1.807, 2.05) is 0 Å². The summed E-state index contributed by atoms with van der Waals surface area (Å²) in [6, 6.07) is 3.24. The van der Waals surface area contributed by atoms with Gasteiger partial charge in [0.25, 0.3) is 0 Å². The highest BCUT2D eigenvalue weighted by Gasteiger charge is 2.42. The van der Waals surface area contributed by atoms with Crippen LogP contribution in [0.5, 0.6) is 5.75 Å². The van der Waals surface area contributed by atoms with E-state index < -0.39 is 23.8 Å². The molecule has 0 saturated heterocycles. The molecule has 1 aromatic carbocycles. The molecule has 0 N–H and O–H groups in total. The molecule has 2 rings (SSSR count). The lowest BCUT2D eigenvalue weighted by atomic mass is 9.90. The predicted molar refractivity (Wildman–Crippen MR) is 62.0 cm³/mol. The molecule has 0 bridgehead atoms. The highest BCUT2D eigenvalue weighted by atomic mass is 19.2. The average molecular weight is 272 g/mol. The molecule has 6 heteroatoms.